The zero-order chi connectivity index (χ0) is 17.0. The van der Waals surface area contributed by atoms with E-state index in [9.17, 15) is 9.90 Å². The first-order valence-electron chi connectivity index (χ1n) is 7.23. The number of anilines is 1. The minimum atomic E-state index is -0.718. The molecule has 0 radical (unpaired) electrons. The molecule has 2 aromatic carbocycles. The van der Waals surface area contributed by atoms with Gasteiger partial charge in [0, 0.05) is 16.3 Å². The van der Waals surface area contributed by atoms with E-state index in [1.165, 1.54) is 7.11 Å². The Bertz CT molecular complexity index is 696. The fourth-order valence-corrected chi connectivity index (χ4v) is 2.39. The number of hydrogen-bond donors (Lipinski definition) is 2. The molecule has 0 spiro atoms. The van der Waals surface area contributed by atoms with E-state index in [2.05, 4.69) is 5.32 Å². The zero-order valence-electron chi connectivity index (χ0n) is 13.4. The third kappa shape index (κ3) is 3.84. The van der Waals surface area contributed by atoms with Gasteiger partial charge in [0.2, 0.25) is 5.91 Å². The molecule has 0 aliphatic heterocycles. The van der Waals surface area contributed by atoms with E-state index in [4.69, 9.17) is 16.3 Å². The van der Waals surface area contributed by atoms with Crippen molar-refractivity contribution in [1.29, 1.82) is 0 Å². The lowest BCUT2D eigenvalue weighted by Crippen LogP contribution is -2.34. The molecule has 0 aliphatic rings. The summed E-state index contributed by atoms with van der Waals surface area (Å²) in [5, 5.41) is 12.9. The van der Waals surface area contributed by atoms with E-state index < -0.39 is 5.41 Å². The van der Waals surface area contributed by atoms with Crippen LogP contribution >= 0.6 is 11.6 Å². The van der Waals surface area contributed by atoms with E-state index >= 15 is 0 Å². The second-order valence-electron chi connectivity index (χ2n) is 5.77. The normalized spacial score (nSPS) is 11.2. The van der Waals surface area contributed by atoms with Gasteiger partial charge in [-0.1, -0.05) is 23.7 Å². The number of rotatable bonds is 5. The van der Waals surface area contributed by atoms with Crippen molar-refractivity contribution in [2.45, 2.75) is 25.9 Å². The predicted molar refractivity (Wildman–Crippen MR) is 92.0 cm³/mol. The molecule has 0 atom stereocenters. The molecule has 4 nitrogen and oxygen atoms in total. The molecule has 0 aromatic heterocycles. The van der Waals surface area contributed by atoms with Gasteiger partial charge in [0.25, 0.3) is 0 Å². The van der Waals surface area contributed by atoms with Gasteiger partial charge in [-0.15, -0.1) is 0 Å². The number of carbonyl (C=O) groups is 1. The fraction of sp³-hybridized carbons (Fsp3) is 0.278. The van der Waals surface area contributed by atoms with Gasteiger partial charge >= 0.3 is 0 Å². The number of hydrogen-bond acceptors (Lipinski definition) is 3. The van der Waals surface area contributed by atoms with Crippen LogP contribution in [0.2, 0.25) is 5.02 Å². The van der Waals surface area contributed by atoms with Gasteiger partial charge < -0.3 is 15.2 Å². The van der Waals surface area contributed by atoms with Crippen LogP contribution in [0.5, 0.6) is 5.75 Å². The van der Waals surface area contributed by atoms with Crippen molar-refractivity contribution in [3.63, 3.8) is 0 Å². The van der Waals surface area contributed by atoms with E-state index in [0.717, 1.165) is 5.56 Å². The van der Waals surface area contributed by atoms with E-state index in [1.54, 1.807) is 30.3 Å². The zero-order valence-corrected chi connectivity index (χ0v) is 14.1. The quantitative estimate of drug-likeness (QED) is 0.876. The highest BCUT2D eigenvalue weighted by Gasteiger charge is 2.29. The highest BCUT2D eigenvalue weighted by molar-refractivity contribution is 6.30. The standard InChI is InChI=1S/C18H20ClNO3/c1-18(2,13-4-6-14(19)7-5-13)17(22)20-15-8-9-16(23-3)12(10-15)11-21/h4-10,21H,11H2,1-3H3,(H,20,22). The van der Waals surface area contributed by atoms with Crippen molar-refractivity contribution in [2.24, 2.45) is 0 Å². The highest BCUT2D eigenvalue weighted by Crippen LogP contribution is 2.28. The molecule has 122 valence electrons. The van der Waals surface area contributed by atoms with Gasteiger partial charge in [0.1, 0.15) is 5.75 Å². The molecular formula is C18H20ClNO3. The Morgan fingerprint density at radius 2 is 1.87 bits per heavy atom. The van der Waals surface area contributed by atoms with Crippen LogP contribution in [0.3, 0.4) is 0 Å². The summed E-state index contributed by atoms with van der Waals surface area (Å²) in [7, 11) is 1.54. The van der Waals surface area contributed by atoms with Crippen molar-refractivity contribution >= 4 is 23.2 Å². The summed E-state index contributed by atoms with van der Waals surface area (Å²) in [6.07, 6.45) is 0. The third-order valence-electron chi connectivity index (χ3n) is 3.84. The van der Waals surface area contributed by atoms with Crippen LogP contribution in [0.1, 0.15) is 25.0 Å². The Hall–Kier alpha value is -2.04. The third-order valence-corrected chi connectivity index (χ3v) is 4.09. The molecule has 1 amide bonds. The minimum absolute atomic E-state index is 0.145. The van der Waals surface area contributed by atoms with Gasteiger partial charge in [0.15, 0.2) is 0 Å². The molecule has 0 bridgehead atoms. The van der Waals surface area contributed by atoms with E-state index in [1.807, 2.05) is 26.0 Å². The number of methoxy groups -OCH3 is 1. The van der Waals surface area contributed by atoms with Crippen molar-refractivity contribution in [1.82, 2.24) is 0 Å². The van der Waals surface area contributed by atoms with Crippen molar-refractivity contribution in [2.75, 3.05) is 12.4 Å². The van der Waals surface area contributed by atoms with Gasteiger partial charge in [-0.2, -0.15) is 0 Å². The highest BCUT2D eigenvalue weighted by atomic mass is 35.5. The molecule has 2 N–H and O–H groups in total. The lowest BCUT2D eigenvalue weighted by atomic mass is 9.83. The van der Waals surface area contributed by atoms with Crippen LogP contribution < -0.4 is 10.1 Å². The maximum absolute atomic E-state index is 12.6. The fourth-order valence-electron chi connectivity index (χ4n) is 2.26. The number of halogens is 1. The van der Waals surface area contributed by atoms with Crippen LogP contribution in [-0.2, 0) is 16.8 Å². The molecule has 5 heteroatoms. The summed E-state index contributed by atoms with van der Waals surface area (Å²) < 4.78 is 5.16. The number of benzene rings is 2. The second kappa shape index (κ2) is 7.02. The van der Waals surface area contributed by atoms with Gasteiger partial charge in [0.05, 0.1) is 19.1 Å². The molecule has 2 aromatic rings. The Morgan fingerprint density at radius 3 is 2.43 bits per heavy atom. The summed E-state index contributed by atoms with van der Waals surface area (Å²) in [6, 6.07) is 12.4. The molecule has 0 saturated carbocycles. The van der Waals surface area contributed by atoms with Gasteiger partial charge in [-0.05, 0) is 49.7 Å². The monoisotopic (exact) mass is 333 g/mol. The number of ether oxygens (including phenoxy) is 1. The number of aliphatic hydroxyl groups excluding tert-OH is 1. The molecule has 23 heavy (non-hydrogen) atoms. The average molecular weight is 334 g/mol. The smallest absolute Gasteiger partial charge is 0.234 e. The Labute approximate surface area is 141 Å². The first-order chi connectivity index (χ1) is 10.9. The first-order valence-corrected chi connectivity index (χ1v) is 7.61. The Balaban J connectivity index is 2.22. The maximum atomic E-state index is 12.6. The van der Waals surface area contributed by atoms with Gasteiger partial charge in [-0.3, -0.25) is 4.79 Å². The number of amides is 1. The van der Waals surface area contributed by atoms with Gasteiger partial charge in [-0.25, -0.2) is 0 Å². The number of carbonyl (C=O) groups excluding carboxylic acids is 1. The van der Waals surface area contributed by atoms with E-state index in [0.29, 0.717) is 22.0 Å². The maximum Gasteiger partial charge on any atom is 0.234 e. The lowest BCUT2D eigenvalue weighted by molar-refractivity contribution is -0.120. The SMILES string of the molecule is COc1ccc(NC(=O)C(C)(C)c2ccc(Cl)cc2)cc1CO. The molecule has 0 unspecified atom stereocenters. The summed E-state index contributed by atoms with van der Waals surface area (Å²) in [6.45, 7) is 3.54. The summed E-state index contributed by atoms with van der Waals surface area (Å²) in [4.78, 5) is 12.6. The predicted octanol–water partition coefficient (Wildman–Crippen LogP) is 3.76. The van der Waals surface area contributed by atoms with Crippen LogP contribution in [0.25, 0.3) is 0 Å². The Kier molecular flexibility index (Phi) is 5.29. The Morgan fingerprint density at radius 1 is 1.22 bits per heavy atom. The lowest BCUT2D eigenvalue weighted by Gasteiger charge is -2.24. The van der Waals surface area contributed by atoms with Crippen LogP contribution in [-0.4, -0.2) is 18.1 Å². The average Bonchev–Trinajstić information content (AvgIpc) is 2.55. The molecule has 0 heterocycles. The summed E-state index contributed by atoms with van der Waals surface area (Å²) in [5.74, 6) is 0.441. The molecule has 0 aliphatic carbocycles. The van der Waals surface area contributed by atoms with Crippen LogP contribution in [0, 0.1) is 0 Å². The largest absolute Gasteiger partial charge is 0.496 e. The van der Waals surface area contributed by atoms with Crippen molar-refractivity contribution < 1.29 is 14.6 Å². The van der Waals surface area contributed by atoms with Crippen LogP contribution in [0.4, 0.5) is 5.69 Å². The molecule has 2 rings (SSSR count). The molecular weight excluding hydrogens is 314 g/mol. The van der Waals surface area contributed by atoms with Crippen LogP contribution in [0.15, 0.2) is 42.5 Å². The van der Waals surface area contributed by atoms with Crippen molar-refractivity contribution in [3.8, 4) is 5.75 Å². The molecule has 0 fully saturated rings. The number of aliphatic hydroxyl groups is 1. The van der Waals surface area contributed by atoms with Crippen molar-refractivity contribution in [3.05, 3.63) is 58.6 Å². The molecule has 0 saturated heterocycles. The first kappa shape index (κ1) is 17.3. The second-order valence-corrected chi connectivity index (χ2v) is 6.21. The topological polar surface area (TPSA) is 58.6 Å². The number of nitrogens with one attached hydrogen (secondary N) is 1. The van der Waals surface area contributed by atoms with E-state index in [-0.39, 0.29) is 12.5 Å². The summed E-state index contributed by atoms with van der Waals surface area (Å²) in [5.41, 5.74) is 1.39. The summed E-state index contributed by atoms with van der Waals surface area (Å²) >= 11 is 5.90. The minimum Gasteiger partial charge on any atom is -0.496 e.